The van der Waals surface area contributed by atoms with Crippen molar-refractivity contribution in [3.63, 3.8) is 0 Å². The summed E-state index contributed by atoms with van der Waals surface area (Å²) in [4.78, 5) is 31.1. The fourth-order valence-electron chi connectivity index (χ4n) is 3.25. The lowest BCUT2D eigenvalue weighted by Crippen LogP contribution is -2.32. The van der Waals surface area contributed by atoms with Crippen molar-refractivity contribution in [1.82, 2.24) is 14.5 Å². The fourth-order valence-corrected chi connectivity index (χ4v) is 3.25. The van der Waals surface area contributed by atoms with E-state index in [4.69, 9.17) is 0 Å². The molecule has 2 aromatic carbocycles. The molecule has 0 radical (unpaired) electrons. The maximum Gasteiger partial charge on any atom is 0.261 e. The molecule has 27 heavy (non-hydrogen) atoms. The van der Waals surface area contributed by atoms with E-state index >= 15 is 0 Å². The Balaban J connectivity index is 1.72. The molecule has 1 aromatic heterocycles. The third kappa shape index (κ3) is 4.05. The summed E-state index contributed by atoms with van der Waals surface area (Å²) in [5, 5.41) is 0.540. The summed E-state index contributed by atoms with van der Waals surface area (Å²) in [6, 6.07) is 13.2. The van der Waals surface area contributed by atoms with Crippen LogP contribution in [0.25, 0.3) is 10.9 Å². The van der Waals surface area contributed by atoms with Crippen LogP contribution in [0.4, 0.5) is 4.39 Å². The number of hydrogen-bond acceptors (Lipinski definition) is 3. The molecule has 140 valence electrons. The maximum absolute atomic E-state index is 13.2. The Morgan fingerprint density at radius 1 is 1.19 bits per heavy atom. The van der Waals surface area contributed by atoms with Gasteiger partial charge in [-0.05, 0) is 36.2 Å². The second-order valence-corrected chi connectivity index (χ2v) is 6.49. The number of amides is 1. The second-order valence-electron chi connectivity index (χ2n) is 6.49. The number of carbonyl (C=O) groups is 1. The number of para-hydroxylation sites is 1. The molecule has 1 amide bonds. The van der Waals surface area contributed by atoms with E-state index in [0.29, 0.717) is 17.3 Å². The minimum absolute atomic E-state index is 0.0776. The van der Waals surface area contributed by atoms with Gasteiger partial charge in [-0.15, -0.1) is 0 Å². The summed E-state index contributed by atoms with van der Waals surface area (Å²) >= 11 is 0. The molecule has 0 saturated heterocycles. The van der Waals surface area contributed by atoms with Crippen LogP contribution in [-0.2, 0) is 11.3 Å². The Morgan fingerprint density at radius 3 is 2.59 bits per heavy atom. The van der Waals surface area contributed by atoms with Gasteiger partial charge in [0.1, 0.15) is 5.82 Å². The van der Waals surface area contributed by atoms with Crippen LogP contribution in [0.2, 0.25) is 0 Å². The van der Waals surface area contributed by atoms with Crippen molar-refractivity contribution in [3.05, 3.63) is 76.6 Å². The standard InChI is InChI=1S/C21H22FN3O2/c1-3-19(15-8-10-16(22)11-9-15)24(2)20(26)12-13-25-14-23-18-7-5-4-6-17(18)21(25)27/h4-11,14,19H,3,12-13H2,1-2H3/t19-/m1/s1. The lowest BCUT2D eigenvalue weighted by Gasteiger charge is -2.28. The van der Waals surface area contributed by atoms with E-state index in [9.17, 15) is 14.0 Å². The van der Waals surface area contributed by atoms with Gasteiger partial charge in [0.05, 0.1) is 23.3 Å². The highest BCUT2D eigenvalue weighted by Gasteiger charge is 2.20. The largest absolute Gasteiger partial charge is 0.339 e. The van der Waals surface area contributed by atoms with Crippen molar-refractivity contribution in [1.29, 1.82) is 0 Å². The van der Waals surface area contributed by atoms with Crippen LogP contribution in [0.15, 0.2) is 59.7 Å². The monoisotopic (exact) mass is 367 g/mol. The molecule has 0 aliphatic carbocycles. The van der Waals surface area contributed by atoms with Gasteiger partial charge >= 0.3 is 0 Å². The Bertz CT molecular complexity index is 998. The number of halogens is 1. The average Bonchev–Trinajstić information content (AvgIpc) is 2.69. The molecule has 0 unspecified atom stereocenters. The van der Waals surface area contributed by atoms with Gasteiger partial charge in [-0.2, -0.15) is 0 Å². The van der Waals surface area contributed by atoms with E-state index in [1.165, 1.54) is 23.0 Å². The van der Waals surface area contributed by atoms with Crippen molar-refractivity contribution in [2.24, 2.45) is 0 Å². The summed E-state index contributed by atoms with van der Waals surface area (Å²) < 4.78 is 14.6. The van der Waals surface area contributed by atoms with Crippen molar-refractivity contribution in [2.45, 2.75) is 32.4 Å². The van der Waals surface area contributed by atoms with Crippen LogP contribution in [0.3, 0.4) is 0 Å². The summed E-state index contributed by atoms with van der Waals surface area (Å²) in [5.41, 5.74) is 1.38. The molecule has 1 heterocycles. The minimum atomic E-state index is -0.300. The molecule has 0 N–H and O–H groups in total. The van der Waals surface area contributed by atoms with Gasteiger partial charge in [-0.3, -0.25) is 14.2 Å². The molecule has 1 atom stereocenters. The van der Waals surface area contributed by atoms with Gasteiger partial charge < -0.3 is 4.90 Å². The van der Waals surface area contributed by atoms with Crippen molar-refractivity contribution in [2.75, 3.05) is 7.05 Å². The normalized spacial score (nSPS) is 12.1. The molecule has 0 aliphatic heterocycles. The van der Waals surface area contributed by atoms with E-state index in [1.54, 1.807) is 42.3 Å². The average molecular weight is 367 g/mol. The molecular weight excluding hydrogens is 345 g/mol. The highest BCUT2D eigenvalue weighted by Crippen LogP contribution is 2.23. The predicted octanol–water partition coefficient (Wildman–Crippen LogP) is 3.54. The number of aromatic nitrogens is 2. The molecule has 5 nitrogen and oxygen atoms in total. The molecule has 0 saturated carbocycles. The molecule has 0 bridgehead atoms. The Labute approximate surface area is 157 Å². The van der Waals surface area contributed by atoms with E-state index in [1.807, 2.05) is 13.0 Å². The lowest BCUT2D eigenvalue weighted by atomic mass is 10.0. The number of aryl methyl sites for hydroxylation is 1. The summed E-state index contributed by atoms with van der Waals surface area (Å²) in [7, 11) is 1.74. The number of nitrogens with zero attached hydrogens (tertiary/aromatic N) is 3. The zero-order valence-corrected chi connectivity index (χ0v) is 15.4. The predicted molar refractivity (Wildman–Crippen MR) is 103 cm³/mol. The SMILES string of the molecule is CC[C@H](c1ccc(F)cc1)N(C)C(=O)CCn1cnc2ccccc2c1=O. The van der Waals surface area contributed by atoms with Crippen molar-refractivity contribution >= 4 is 16.8 Å². The zero-order chi connectivity index (χ0) is 19.4. The zero-order valence-electron chi connectivity index (χ0n) is 15.4. The smallest absolute Gasteiger partial charge is 0.261 e. The molecule has 3 rings (SSSR count). The Morgan fingerprint density at radius 2 is 1.89 bits per heavy atom. The van der Waals surface area contributed by atoms with Gasteiger partial charge in [0.15, 0.2) is 0 Å². The Hall–Kier alpha value is -3.02. The maximum atomic E-state index is 13.2. The topological polar surface area (TPSA) is 55.2 Å². The highest BCUT2D eigenvalue weighted by molar-refractivity contribution is 5.77. The van der Waals surface area contributed by atoms with Gasteiger partial charge in [-0.1, -0.05) is 31.2 Å². The Kier molecular flexibility index (Phi) is 5.64. The third-order valence-electron chi connectivity index (χ3n) is 4.80. The molecule has 0 fully saturated rings. The fraction of sp³-hybridized carbons (Fsp3) is 0.286. The van der Waals surface area contributed by atoms with Crippen LogP contribution >= 0.6 is 0 Å². The van der Waals surface area contributed by atoms with Crippen LogP contribution in [-0.4, -0.2) is 27.4 Å². The molecule has 6 heteroatoms. The van der Waals surface area contributed by atoms with Gasteiger partial charge in [-0.25, -0.2) is 9.37 Å². The van der Waals surface area contributed by atoms with Crippen LogP contribution in [0, 0.1) is 5.82 Å². The van der Waals surface area contributed by atoms with Crippen molar-refractivity contribution < 1.29 is 9.18 Å². The van der Waals surface area contributed by atoms with Gasteiger partial charge in [0.25, 0.3) is 5.56 Å². The van der Waals surface area contributed by atoms with Crippen LogP contribution in [0.1, 0.15) is 31.4 Å². The number of carbonyl (C=O) groups excluding carboxylic acids is 1. The highest BCUT2D eigenvalue weighted by atomic mass is 19.1. The van der Waals surface area contributed by atoms with Gasteiger partial charge in [0, 0.05) is 20.0 Å². The number of rotatable bonds is 6. The quantitative estimate of drug-likeness (QED) is 0.670. The first kappa shape index (κ1) is 18.8. The summed E-state index contributed by atoms with van der Waals surface area (Å²) in [6.07, 6.45) is 2.38. The number of hydrogen-bond donors (Lipinski definition) is 0. The number of fused-ring (bicyclic) bond motifs is 1. The van der Waals surface area contributed by atoms with Crippen LogP contribution in [0.5, 0.6) is 0 Å². The summed E-state index contributed by atoms with van der Waals surface area (Å²) in [6.45, 7) is 2.25. The first-order chi connectivity index (χ1) is 13.0. The van der Waals surface area contributed by atoms with E-state index in [-0.39, 0.29) is 36.3 Å². The third-order valence-corrected chi connectivity index (χ3v) is 4.80. The summed E-state index contributed by atoms with van der Waals surface area (Å²) in [5.74, 6) is -0.378. The van der Waals surface area contributed by atoms with Gasteiger partial charge in [0.2, 0.25) is 5.91 Å². The first-order valence-electron chi connectivity index (χ1n) is 8.96. The second kappa shape index (κ2) is 8.12. The van der Waals surface area contributed by atoms with Crippen LogP contribution < -0.4 is 5.56 Å². The van der Waals surface area contributed by atoms with E-state index in [0.717, 1.165) is 5.56 Å². The molecular formula is C21H22FN3O2. The molecule has 0 spiro atoms. The lowest BCUT2D eigenvalue weighted by molar-refractivity contribution is -0.132. The van der Waals surface area contributed by atoms with Crippen molar-refractivity contribution in [3.8, 4) is 0 Å². The van der Waals surface area contributed by atoms with E-state index in [2.05, 4.69) is 4.98 Å². The molecule has 0 aliphatic rings. The minimum Gasteiger partial charge on any atom is -0.339 e. The number of benzene rings is 2. The molecule has 3 aromatic rings. The first-order valence-corrected chi connectivity index (χ1v) is 8.96. The van der Waals surface area contributed by atoms with E-state index < -0.39 is 0 Å².